The van der Waals surface area contributed by atoms with Crippen LogP contribution in [0.25, 0.3) is 0 Å². The second-order valence-corrected chi connectivity index (χ2v) is 4.51. The van der Waals surface area contributed by atoms with Gasteiger partial charge in [-0.05, 0) is 25.3 Å². The lowest BCUT2D eigenvalue weighted by Gasteiger charge is -2.09. The van der Waals surface area contributed by atoms with E-state index in [0.29, 0.717) is 6.54 Å². The fraction of sp³-hybridized carbons (Fsp3) is 0.538. The first-order valence-corrected chi connectivity index (χ1v) is 6.35. The summed E-state index contributed by atoms with van der Waals surface area (Å²) in [5.41, 5.74) is 0.287. The van der Waals surface area contributed by atoms with Crippen molar-refractivity contribution < 1.29 is 23.8 Å². The van der Waals surface area contributed by atoms with Crippen molar-refractivity contribution in [1.29, 1.82) is 0 Å². The lowest BCUT2D eigenvalue weighted by molar-refractivity contribution is -0.136. The first kappa shape index (κ1) is 13.6. The van der Waals surface area contributed by atoms with Gasteiger partial charge in [0.05, 0.1) is 17.9 Å². The van der Waals surface area contributed by atoms with Gasteiger partial charge in [-0.1, -0.05) is 0 Å². The van der Waals surface area contributed by atoms with Gasteiger partial charge in [-0.25, -0.2) is 0 Å². The van der Waals surface area contributed by atoms with Crippen molar-refractivity contribution in [1.82, 2.24) is 5.32 Å². The molecule has 2 heterocycles. The third kappa shape index (κ3) is 3.82. The summed E-state index contributed by atoms with van der Waals surface area (Å²) in [4.78, 5) is 22.5. The molecule has 0 aromatic carbocycles. The monoisotopic (exact) mass is 267 g/mol. The third-order valence-corrected chi connectivity index (χ3v) is 3.08. The zero-order valence-corrected chi connectivity index (χ0v) is 10.6. The molecule has 0 spiro atoms. The first-order valence-electron chi connectivity index (χ1n) is 6.35. The summed E-state index contributed by atoms with van der Waals surface area (Å²) in [5, 5.41) is 11.5. The normalized spacial score (nSPS) is 18.4. The summed E-state index contributed by atoms with van der Waals surface area (Å²) < 4.78 is 10.5. The predicted molar refractivity (Wildman–Crippen MR) is 66.0 cm³/mol. The third-order valence-electron chi connectivity index (χ3n) is 3.08. The summed E-state index contributed by atoms with van der Waals surface area (Å²) in [7, 11) is 0. The number of nitrogens with one attached hydrogen (secondary N) is 1. The highest BCUT2D eigenvalue weighted by molar-refractivity contribution is 5.95. The number of rotatable bonds is 6. The number of hydrogen-bond donors (Lipinski definition) is 2. The van der Waals surface area contributed by atoms with Crippen LogP contribution in [-0.4, -0.2) is 36.2 Å². The van der Waals surface area contributed by atoms with Crippen LogP contribution in [0.3, 0.4) is 0 Å². The van der Waals surface area contributed by atoms with E-state index >= 15 is 0 Å². The van der Waals surface area contributed by atoms with Crippen LogP contribution < -0.4 is 5.32 Å². The molecule has 1 aliphatic rings. The molecule has 1 unspecified atom stereocenters. The molecule has 1 saturated heterocycles. The number of ether oxygens (including phenoxy) is 1. The molecule has 1 aromatic heterocycles. The largest absolute Gasteiger partial charge is 0.481 e. The lowest BCUT2D eigenvalue weighted by Crippen LogP contribution is -2.27. The Hall–Kier alpha value is -1.82. The Morgan fingerprint density at radius 2 is 2.32 bits per heavy atom. The van der Waals surface area contributed by atoms with Crippen molar-refractivity contribution >= 4 is 11.9 Å². The van der Waals surface area contributed by atoms with Gasteiger partial charge in [-0.3, -0.25) is 9.59 Å². The van der Waals surface area contributed by atoms with Crippen molar-refractivity contribution in [3.05, 3.63) is 23.7 Å². The molecule has 2 rings (SSSR count). The minimum absolute atomic E-state index is 0.183. The molecule has 104 valence electrons. The van der Waals surface area contributed by atoms with E-state index in [2.05, 4.69) is 5.32 Å². The number of aliphatic carboxylic acids is 1. The number of carboxylic acid groups (broad SMARTS) is 1. The van der Waals surface area contributed by atoms with Crippen molar-refractivity contribution in [2.45, 2.75) is 31.8 Å². The van der Waals surface area contributed by atoms with Crippen LogP contribution in [-0.2, 0) is 16.0 Å². The maximum atomic E-state index is 11.9. The van der Waals surface area contributed by atoms with Gasteiger partial charge < -0.3 is 19.6 Å². The standard InChI is InChI=1S/C13H17NO5/c15-12(16)8-11-10(4-7-19-11)13(17)14-5-3-9-2-1-6-18-9/h4,7,9H,1-3,5-6,8H2,(H,14,17)(H,15,16). The fourth-order valence-corrected chi connectivity index (χ4v) is 2.13. The van der Waals surface area contributed by atoms with Crippen molar-refractivity contribution in [2.75, 3.05) is 13.2 Å². The highest BCUT2D eigenvalue weighted by Gasteiger charge is 2.18. The molecule has 6 nitrogen and oxygen atoms in total. The highest BCUT2D eigenvalue weighted by Crippen LogP contribution is 2.15. The highest BCUT2D eigenvalue weighted by atomic mass is 16.5. The fourth-order valence-electron chi connectivity index (χ4n) is 2.13. The van der Waals surface area contributed by atoms with Gasteiger partial charge in [0.25, 0.3) is 5.91 Å². The quantitative estimate of drug-likeness (QED) is 0.808. The number of carbonyl (C=O) groups is 2. The molecule has 0 aliphatic carbocycles. The zero-order valence-electron chi connectivity index (χ0n) is 10.6. The number of amides is 1. The summed E-state index contributed by atoms with van der Waals surface area (Å²) in [6.07, 6.45) is 4.14. The van der Waals surface area contributed by atoms with Crippen LogP contribution in [0.15, 0.2) is 16.7 Å². The van der Waals surface area contributed by atoms with Crippen LogP contribution in [0.2, 0.25) is 0 Å². The molecule has 0 saturated carbocycles. The van der Waals surface area contributed by atoms with E-state index < -0.39 is 5.97 Å². The molecule has 19 heavy (non-hydrogen) atoms. The summed E-state index contributed by atoms with van der Waals surface area (Å²) in [5.74, 6) is -1.14. The molecule has 0 bridgehead atoms. The van der Waals surface area contributed by atoms with Crippen molar-refractivity contribution in [2.24, 2.45) is 0 Å². The maximum Gasteiger partial charge on any atom is 0.311 e. The second-order valence-electron chi connectivity index (χ2n) is 4.51. The van der Waals surface area contributed by atoms with Crippen LogP contribution >= 0.6 is 0 Å². The Balaban J connectivity index is 1.82. The van der Waals surface area contributed by atoms with Gasteiger partial charge >= 0.3 is 5.97 Å². The number of hydrogen-bond acceptors (Lipinski definition) is 4. The van der Waals surface area contributed by atoms with Crippen LogP contribution in [0, 0.1) is 0 Å². The Kier molecular flexibility index (Phi) is 4.57. The van der Waals surface area contributed by atoms with E-state index in [1.54, 1.807) is 0 Å². The van der Waals surface area contributed by atoms with Gasteiger partial charge in [0.2, 0.25) is 0 Å². The number of furan rings is 1. The van der Waals surface area contributed by atoms with Gasteiger partial charge in [0, 0.05) is 13.2 Å². The smallest absolute Gasteiger partial charge is 0.311 e. The molecule has 2 N–H and O–H groups in total. The molecular formula is C13H17NO5. The molecule has 1 amide bonds. The molecule has 1 aromatic rings. The molecule has 1 atom stereocenters. The number of carbonyl (C=O) groups excluding carboxylic acids is 1. The van der Waals surface area contributed by atoms with Gasteiger partial charge in [-0.15, -0.1) is 0 Å². The minimum atomic E-state index is -1.02. The Morgan fingerprint density at radius 3 is 3.00 bits per heavy atom. The molecule has 0 radical (unpaired) electrons. The topological polar surface area (TPSA) is 88.8 Å². The zero-order chi connectivity index (χ0) is 13.7. The Labute approximate surface area is 110 Å². The van der Waals surface area contributed by atoms with E-state index in [4.69, 9.17) is 14.3 Å². The second kappa shape index (κ2) is 6.38. The first-order chi connectivity index (χ1) is 9.16. The lowest BCUT2D eigenvalue weighted by atomic mass is 10.1. The summed E-state index contributed by atoms with van der Waals surface area (Å²) in [6, 6.07) is 1.49. The summed E-state index contributed by atoms with van der Waals surface area (Å²) in [6.45, 7) is 1.31. The van der Waals surface area contributed by atoms with Gasteiger partial charge in [-0.2, -0.15) is 0 Å². The van der Waals surface area contributed by atoms with Gasteiger partial charge in [0.1, 0.15) is 12.2 Å². The average molecular weight is 267 g/mol. The molecular weight excluding hydrogens is 250 g/mol. The molecule has 1 fully saturated rings. The van der Waals surface area contributed by atoms with E-state index in [1.807, 2.05) is 0 Å². The number of carboxylic acids is 1. The summed E-state index contributed by atoms with van der Waals surface area (Å²) >= 11 is 0. The van der Waals surface area contributed by atoms with E-state index in [9.17, 15) is 9.59 Å². The maximum absolute atomic E-state index is 11.9. The molecule has 1 aliphatic heterocycles. The van der Waals surface area contributed by atoms with E-state index in [1.165, 1.54) is 12.3 Å². The van der Waals surface area contributed by atoms with E-state index in [-0.39, 0.29) is 29.8 Å². The van der Waals surface area contributed by atoms with E-state index in [0.717, 1.165) is 25.9 Å². The minimum Gasteiger partial charge on any atom is -0.481 e. The molecule has 6 heteroatoms. The van der Waals surface area contributed by atoms with Crippen molar-refractivity contribution in [3.8, 4) is 0 Å². The van der Waals surface area contributed by atoms with Crippen LogP contribution in [0.4, 0.5) is 0 Å². The van der Waals surface area contributed by atoms with Crippen LogP contribution in [0.5, 0.6) is 0 Å². The average Bonchev–Trinajstić information content (AvgIpc) is 2.99. The van der Waals surface area contributed by atoms with Crippen molar-refractivity contribution in [3.63, 3.8) is 0 Å². The van der Waals surface area contributed by atoms with Gasteiger partial charge in [0.15, 0.2) is 0 Å². The SMILES string of the molecule is O=C(O)Cc1occc1C(=O)NCCC1CCCO1. The Morgan fingerprint density at radius 1 is 1.47 bits per heavy atom. The Bertz CT molecular complexity index is 448. The predicted octanol–water partition coefficient (Wildman–Crippen LogP) is 1.21. The van der Waals surface area contributed by atoms with Crippen LogP contribution in [0.1, 0.15) is 35.4 Å².